The van der Waals surface area contributed by atoms with Crippen LogP contribution in [0.3, 0.4) is 0 Å². The third-order valence-electron chi connectivity index (χ3n) is 4.02. The number of carbonyl (C=O) groups is 3. The zero-order valence-electron chi connectivity index (χ0n) is 16.2. The molecule has 2 aromatic rings. The Bertz CT molecular complexity index is 893. The number of aliphatic carboxylic acids is 1. The van der Waals surface area contributed by atoms with E-state index in [1.807, 2.05) is 19.9 Å². The molecule has 0 aliphatic rings. The minimum atomic E-state index is -1.12. The van der Waals surface area contributed by atoms with E-state index in [9.17, 15) is 19.5 Å². The molecule has 0 aromatic heterocycles. The molecule has 3 N–H and O–H groups in total. The lowest BCUT2D eigenvalue weighted by Crippen LogP contribution is -2.45. The van der Waals surface area contributed by atoms with Crippen molar-refractivity contribution in [2.24, 2.45) is 5.92 Å². The SMILES string of the molecule is CC(C)C[C@H](NC(=O)/C(=C\c1ccccc1)NC(=O)c1ccc(Br)cc1)C(=O)O. The maximum atomic E-state index is 12.8. The van der Waals surface area contributed by atoms with E-state index in [2.05, 4.69) is 26.6 Å². The Labute approximate surface area is 178 Å². The van der Waals surface area contributed by atoms with Gasteiger partial charge in [0, 0.05) is 10.0 Å². The second-order valence-electron chi connectivity index (χ2n) is 6.92. The molecule has 0 saturated heterocycles. The molecule has 29 heavy (non-hydrogen) atoms. The molecule has 0 bridgehead atoms. The van der Waals surface area contributed by atoms with Crippen LogP contribution < -0.4 is 10.6 Å². The van der Waals surface area contributed by atoms with Gasteiger partial charge in [-0.15, -0.1) is 0 Å². The first-order chi connectivity index (χ1) is 13.8. The summed E-state index contributed by atoms with van der Waals surface area (Å²) < 4.78 is 0.824. The predicted molar refractivity (Wildman–Crippen MR) is 115 cm³/mol. The highest BCUT2D eigenvalue weighted by atomic mass is 79.9. The standard InChI is InChI=1S/C22H23BrN2O4/c1-14(2)12-19(22(28)29)25-21(27)18(13-15-6-4-3-5-7-15)24-20(26)16-8-10-17(23)11-9-16/h3-11,13-14,19H,12H2,1-2H3,(H,24,26)(H,25,27)(H,28,29)/b18-13+/t19-/m0/s1. The zero-order chi connectivity index (χ0) is 21.4. The number of halogens is 1. The molecule has 2 aromatic carbocycles. The smallest absolute Gasteiger partial charge is 0.326 e. The van der Waals surface area contributed by atoms with Gasteiger partial charge in [0.05, 0.1) is 0 Å². The summed E-state index contributed by atoms with van der Waals surface area (Å²) in [5.74, 6) is -2.17. The summed E-state index contributed by atoms with van der Waals surface area (Å²) in [6.07, 6.45) is 1.79. The Morgan fingerprint density at radius 2 is 1.66 bits per heavy atom. The number of amides is 2. The predicted octanol–water partition coefficient (Wildman–Crippen LogP) is 3.84. The molecule has 2 rings (SSSR count). The second-order valence-corrected chi connectivity index (χ2v) is 7.84. The van der Waals surface area contributed by atoms with Crippen molar-refractivity contribution in [1.29, 1.82) is 0 Å². The van der Waals surface area contributed by atoms with Crippen LogP contribution in [-0.4, -0.2) is 28.9 Å². The first-order valence-corrected chi connectivity index (χ1v) is 9.93. The van der Waals surface area contributed by atoms with E-state index in [0.717, 1.165) is 4.47 Å². The molecule has 2 amide bonds. The lowest BCUT2D eigenvalue weighted by atomic mass is 10.0. The zero-order valence-corrected chi connectivity index (χ0v) is 17.8. The van der Waals surface area contributed by atoms with Crippen molar-refractivity contribution in [1.82, 2.24) is 10.6 Å². The Kier molecular flexibility index (Phi) is 8.15. The van der Waals surface area contributed by atoms with Gasteiger partial charge in [-0.1, -0.05) is 60.1 Å². The van der Waals surface area contributed by atoms with Crippen LogP contribution in [-0.2, 0) is 9.59 Å². The van der Waals surface area contributed by atoms with Crippen LogP contribution in [0.1, 0.15) is 36.2 Å². The van der Waals surface area contributed by atoms with Gasteiger partial charge in [0.1, 0.15) is 11.7 Å². The molecule has 0 aliphatic carbocycles. The van der Waals surface area contributed by atoms with E-state index in [-0.39, 0.29) is 18.0 Å². The molecule has 1 atom stereocenters. The van der Waals surface area contributed by atoms with Crippen molar-refractivity contribution in [3.05, 3.63) is 75.9 Å². The first-order valence-electron chi connectivity index (χ1n) is 9.13. The quantitative estimate of drug-likeness (QED) is 0.523. The number of carboxylic acids is 1. The van der Waals surface area contributed by atoms with Gasteiger partial charge in [0.2, 0.25) is 0 Å². The number of carbonyl (C=O) groups excluding carboxylic acids is 2. The van der Waals surface area contributed by atoms with Crippen LogP contribution >= 0.6 is 15.9 Å². The van der Waals surface area contributed by atoms with E-state index in [1.54, 1.807) is 48.5 Å². The maximum Gasteiger partial charge on any atom is 0.326 e. The summed E-state index contributed by atoms with van der Waals surface area (Å²) in [6.45, 7) is 3.75. The van der Waals surface area contributed by atoms with Gasteiger partial charge >= 0.3 is 5.97 Å². The first kappa shape index (κ1) is 22.4. The molecule has 6 nitrogen and oxygen atoms in total. The molecule has 152 valence electrons. The second kappa shape index (κ2) is 10.6. The molecular formula is C22H23BrN2O4. The van der Waals surface area contributed by atoms with Gasteiger partial charge in [-0.2, -0.15) is 0 Å². The van der Waals surface area contributed by atoms with Crippen molar-refractivity contribution in [2.75, 3.05) is 0 Å². The van der Waals surface area contributed by atoms with Crippen LogP contribution in [0.5, 0.6) is 0 Å². The van der Waals surface area contributed by atoms with Crippen LogP contribution in [0.2, 0.25) is 0 Å². The summed E-state index contributed by atoms with van der Waals surface area (Å²) in [7, 11) is 0. The monoisotopic (exact) mass is 458 g/mol. The molecule has 0 heterocycles. The van der Waals surface area contributed by atoms with Crippen LogP contribution in [0.25, 0.3) is 6.08 Å². The Morgan fingerprint density at radius 1 is 1.03 bits per heavy atom. The summed E-state index contributed by atoms with van der Waals surface area (Å²) in [5.41, 5.74) is 1.04. The number of nitrogens with one attached hydrogen (secondary N) is 2. The van der Waals surface area contributed by atoms with Gasteiger partial charge in [0.15, 0.2) is 0 Å². The third kappa shape index (κ3) is 7.19. The molecule has 0 spiro atoms. The van der Waals surface area contributed by atoms with Gasteiger partial charge < -0.3 is 15.7 Å². The van der Waals surface area contributed by atoms with E-state index >= 15 is 0 Å². The summed E-state index contributed by atoms with van der Waals surface area (Å²) in [6, 6.07) is 14.6. The lowest BCUT2D eigenvalue weighted by Gasteiger charge is -2.18. The van der Waals surface area contributed by atoms with Gasteiger partial charge in [-0.25, -0.2) is 4.79 Å². The minimum absolute atomic E-state index is 0.0286. The van der Waals surface area contributed by atoms with Crippen LogP contribution in [0.4, 0.5) is 0 Å². The number of carboxylic acid groups (broad SMARTS) is 1. The van der Waals surface area contributed by atoms with Gasteiger partial charge in [-0.05, 0) is 48.2 Å². The Hall–Kier alpha value is -2.93. The fraction of sp³-hybridized carbons (Fsp3) is 0.227. The summed E-state index contributed by atoms with van der Waals surface area (Å²) >= 11 is 3.31. The highest BCUT2D eigenvalue weighted by Gasteiger charge is 2.24. The van der Waals surface area contributed by atoms with Crippen molar-refractivity contribution in [3.8, 4) is 0 Å². The number of hydrogen-bond donors (Lipinski definition) is 3. The third-order valence-corrected chi connectivity index (χ3v) is 4.55. The highest BCUT2D eigenvalue weighted by Crippen LogP contribution is 2.12. The van der Waals surface area contributed by atoms with Crippen molar-refractivity contribution < 1.29 is 19.5 Å². The summed E-state index contributed by atoms with van der Waals surface area (Å²) in [4.78, 5) is 36.9. The van der Waals surface area contributed by atoms with Crippen molar-refractivity contribution >= 4 is 39.8 Å². The Balaban J connectivity index is 2.28. The largest absolute Gasteiger partial charge is 0.480 e. The lowest BCUT2D eigenvalue weighted by molar-refractivity contribution is -0.141. The molecule has 7 heteroatoms. The van der Waals surface area contributed by atoms with Crippen molar-refractivity contribution in [3.63, 3.8) is 0 Å². The molecule has 0 saturated carbocycles. The average Bonchev–Trinajstić information content (AvgIpc) is 2.67. The van der Waals surface area contributed by atoms with Gasteiger partial charge in [-0.3, -0.25) is 9.59 Å². The van der Waals surface area contributed by atoms with Crippen LogP contribution in [0, 0.1) is 5.92 Å². The van der Waals surface area contributed by atoms with E-state index in [4.69, 9.17) is 0 Å². The molecule has 0 unspecified atom stereocenters. The topological polar surface area (TPSA) is 95.5 Å². The van der Waals surface area contributed by atoms with Crippen molar-refractivity contribution in [2.45, 2.75) is 26.3 Å². The molecule has 0 fully saturated rings. The molecule has 0 radical (unpaired) electrons. The summed E-state index contributed by atoms with van der Waals surface area (Å²) in [5, 5.41) is 14.5. The number of benzene rings is 2. The normalized spacial score (nSPS) is 12.3. The molecular weight excluding hydrogens is 436 g/mol. The molecule has 0 aliphatic heterocycles. The maximum absolute atomic E-state index is 12.8. The van der Waals surface area contributed by atoms with Crippen LogP contribution in [0.15, 0.2) is 64.8 Å². The van der Waals surface area contributed by atoms with Gasteiger partial charge in [0.25, 0.3) is 11.8 Å². The fourth-order valence-corrected chi connectivity index (χ4v) is 2.86. The highest BCUT2D eigenvalue weighted by molar-refractivity contribution is 9.10. The number of rotatable bonds is 8. The van der Waals surface area contributed by atoms with E-state index in [0.29, 0.717) is 11.1 Å². The van der Waals surface area contributed by atoms with E-state index in [1.165, 1.54) is 6.08 Å². The fourth-order valence-electron chi connectivity index (χ4n) is 2.60. The number of hydrogen-bond acceptors (Lipinski definition) is 3. The van der Waals surface area contributed by atoms with E-state index < -0.39 is 23.8 Å². The Morgan fingerprint density at radius 3 is 2.21 bits per heavy atom. The average molecular weight is 459 g/mol. The minimum Gasteiger partial charge on any atom is -0.480 e.